The van der Waals surface area contributed by atoms with Crippen molar-refractivity contribution in [2.75, 3.05) is 0 Å². The van der Waals surface area contributed by atoms with Crippen LogP contribution in [0, 0.1) is 0 Å². The Labute approximate surface area is 152 Å². The molecular formula is C14H11BrCl2N2O3S. The lowest BCUT2D eigenvalue weighted by Gasteiger charge is -2.08. The zero-order chi connectivity index (χ0) is 17.2. The van der Waals surface area contributed by atoms with Gasteiger partial charge in [0.25, 0.3) is 10.0 Å². The van der Waals surface area contributed by atoms with Crippen molar-refractivity contribution in [2.24, 2.45) is 5.10 Å². The van der Waals surface area contributed by atoms with Gasteiger partial charge >= 0.3 is 0 Å². The van der Waals surface area contributed by atoms with Crippen molar-refractivity contribution in [3.63, 3.8) is 0 Å². The number of nitrogens with zero attached hydrogens (tertiary/aromatic N) is 1. The minimum atomic E-state index is -3.82. The number of hydrazone groups is 1. The molecule has 0 atom stereocenters. The number of rotatable bonds is 4. The predicted octanol–water partition coefficient (Wildman–Crippen LogP) is 4.16. The van der Waals surface area contributed by atoms with Gasteiger partial charge in [0.2, 0.25) is 0 Å². The number of benzene rings is 2. The number of phenols is 1. The number of sulfonamides is 1. The first-order chi connectivity index (χ1) is 10.7. The van der Waals surface area contributed by atoms with E-state index >= 15 is 0 Å². The molecule has 2 aromatic rings. The molecule has 0 heterocycles. The molecule has 0 aromatic heterocycles. The van der Waals surface area contributed by atoms with Gasteiger partial charge in [-0.15, -0.1) is 0 Å². The van der Waals surface area contributed by atoms with Gasteiger partial charge < -0.3 is 5.11 Å². The third-order valence-corrected chi connectivity index (χ3v) is 5.13. The molecule has 9 heteroatoms. The van der Waals surface area contributed by atoms with Crippen LogP contribution < -0.4 is 4.83 Å². The minimum Gasteiger partial charge on any atom is -0.506 e. The molecular weight excluding hydrogens is 427 g/mol. The van der Waals surface area contributed by atoms with E-state index in [0.717, 1.165) is 4.47 Å². The number of hydrogen-bond acceptors (Lipinski definition) is 4. The highest BCUT2D eigenvalue weighted by Gasteiger charge is 2.15. The molecule has 0 aliphatic carbocycles. The monoisotopic (exact) mass is 436 g/mol. The van der Waals surface area contributed by atoms with E-state index in [1.807, 2.05) is 0 Å². The Kier molecular flexibility index (Phi) is 5.57. The molecule has 2 aromatic carbocycles. The Morgan fingerprint density at radius 3 is 2.43 bits per heavy atom. The van der Waals surface area contributed by atoms with E-state index in [1.54, 1.807) is 12.1 Å². The normalized spacial score (nSPS) is 12.3. The average Bonchev–Trinajstić information content (AvgIpc) is 2.49. The highest BCUT2D eigenvalue weighted by molar-refractivity contribution is 9.10. The van der Waals surface area contributed by atoms with Gasteiger partial charge in [0.05, 0.1) is 15.6 Å². The topological polar surface area (TPSA) is 78.8 Å². The molecule has 0 saturated heterocycles. The standard InChI is InChI=1S/C14H11BrCl2N2O3S/c1-8(12-6-10(16)7-13(17)14(12)20)18-19-23(21,22)11-4-2-9(15)3-5-11/h2-7,19-20H,1H3/b18-8+. The van der Waals surface area contributed by atoms with Gasteiger partial charge in [0.1, 0.15) is 5.75 Å². The Morgan fingerprint density at radius 1 is 1.22 bits per heavy atom. The van der Waals surface area contributed by atoms with Crippen LogP contribution in [0.5, 0.6) is 5.75 Å². The molecule has 0 bridgehead atoms. The number of halogens is 3. The number of aromatic hydroxyl groups is 1. The van der Waals surface area contributed by atoms with Crippen LogP contribution in [0.1, 0.15) is 12.5 Å². The Hall–Kier alpha value is -1.28. The van der Waals surface area contributed by atoms with Crippen molar-refractivity contribution in [1.82, 2.24) is 4.83 Å². The van der Waals surface area contributed by atoms with Gasteiger partial charge in [0.15, 0.2) is 0 Å². The van der Waals surface area contributed by atoms with Gasteiger partial charge in [-0.05, 0) is 43.3 Å². The molecule has 0 radical (unpaired) electrons. The van der Waals surface area contributed by atoms with Crippen LogP contribution in [0.3, 0.4) is 0 Å². The summed E-state index contributed by atoms with van der Waals surface area (Å²) in [6, 6.07) is 8.90. The molecule has 5 nitrogen and oxygen atoms in total. The Morgan fingerprint density at radius 2 is 1.83 bits per heavy atom. The third kappa shape index (κ3) is 4.38. The van der Waals surface area contributed by atoms with E-state index in [0.29, 0.717) is 5.02 Å². The minimum absolute atomic E-state index is 0.0535. The van der Waals surface area contributed by atoms with Gasteiger partial charge in [-0.3, -0.25) is 0 Å². The lowest BCUT2D eigenvalue weighted by Crippen LogP contribution is -2.20. The fourth-order valence-electron chi connectivity index (χ4n) is 1.70. The average molecular weight is 438 g/mol. The van der Waals surface area contributed by atoms with Crippen LogP contribution in [0.25, 0.3) is 0 Å². The highest BCUT2D eigenvalue weighted by atomic mass is 79.9. The van der Waals surface area contributed by atoms with Crippen LogP contribution in [-0.4, -0.2) is 19.2 Å². The van der Waals surface area contributed by atoms with Crippen LogP contribution in [0.15, 0.2) is 50.9 Å². The Bertz CT molecular complexity index is 868. The summed E-state index contributed by atoms with van der Waals surface area (Å²) in [5.74, 6) is -0.222. The fourth-order valence-corrected chi connectivity index (χ4v) is 3.31. The van der Waals surface area contributed by atoms with E-state index in [4.69, 9.17) is 23.2 Å². The van der Waals surface area contributed by atoms with Crippen molar-refractivity contribution in [2.45, 2.75) is 11.8 Å². The molecule has 0 fully saturated rings. The zero-order valence-corrected chi connectivity index (χ0v) is 15.6. The summed E-state index contributed by atoms with van der Waals surface area (Å²) < 4.78 is 25.1. The second-order valence-electron chi connectivity index (χ2n) is 4.53. The Balaban J connectivity index is 2.31. The fraction of sp³-hybridized carbons (Fsp3) is 0.0714. The summed E-state index contributed by atoms with van der Waals surface area (Å²) in [7, 11) is -3.82. The first kappa shape index (κ1) is 18.1. The molecule has 2 rings (SSSR count). The molecule has 2 N–H and O–H groups in total. The molecule has 0 amide bonds. The van der Waals surface area contributed by atoms with E-state index in [1.165, 1.54) is 31.2 Å². The maximum absolute atomic E-state index is 12.1. The maximum Gasteiger partial charge on any atom is 0.276 e. The van der Waals surface area contributed by atoms with Crippen LogP contribution in [0.2, 0.25) is 10.0 Å². The smallest absolute Gasteiger partial charge is 0.276 e. The van der Waals surface area contributed by atoms with E-state index < -0.39 is 10.0 Å². The van der Waals surface area contributed by atoms with Gasteiger partial charge in [-0.25, -0.2) is 0 Å². The molecule has 0 unspecified atom stereocenters. The maximum atomic E-state index is 12.1. The number of hydrogen-bond donors (Lipinski definition) is 2. The lowest BCUT2D eigenvalue weighted by molar-refractivity contribution is 0.474. The van der Waals surface area contributed by atoms with Crippen molar-refractivity contribution in [3.05, 3.63) is 56.5 Å². The van der Waals surface area contributed by atoms with Crippen LogP contribution >= 0.6 is 39.1 Å². The molecule has 122 valence electrons. The molecule has 0 saturated carbocycles. The van der Waals surface area contributed by atoms with Crippen molar-refractivity contribution < 1.29 is 13.5 Å². The van der Waals surface area contributed by atoms with Gasteiger partial charge in [0, 0.05) is 15.1 Å². The second-order valence-corrected chi connectivity index (χ2v) is 7.95. The van der Waals surface area contributed by atoms with Crippen LogP contribution in [-0.2, 0) is 10.0 Å². The first-order valence-corrected chi connectivity index (χ1v) is 9.24. The largest absolute Gasteiger partial charge is 0.506 e. The van der Waals surface area contributed by atoms with E-state index in [9.17, 15) is 13.5 Å². The molecule has 23 heavy (non-hydrogen) atoms. The zero-order valence-electron chi connectivity index (χ0n) is 11.7. The van der Waals surface area contributed by atoms with Crippen molar-refractivity contribution >= 4 is 54.9 Å². The number of nitrogens with one attached hydrogen (secondary N) is 1. The third-order valence-electron chi connectivity index (χ3n) is 2.88. The predicted molar refractivity (Wildman–Crippen MR) is 94.8 cm³/mol. The van der Waals surface area contributed by atoms with E-state index in [-0.39, 0.29) is 26.9 Å². The summed E-state index contributed by atoms with van der Waals surface area (Å²) in [4.78, 5) is 2.17. The lowest BCUT2D eigenvalue weighted by atomic mass is 10.1. The second kappa shape index (κ2) is 7.09. The van der Waals surface area contributed by atoms with Crippen molar-refractivity contribution in [1.29, 1.82) is 0 Å². The highest BCUT2D eigenvalue weighted by Crippen LogP contribution is 2.31. The summed E-state index contributed by atoms with van der Waals surface area (Å²) in [6.07, 6.45) is 0. The van der Waals surface area contributed by atoms with Gasteiger partial charge in [-0.1, -0.05) is 39.1 Å². The van der Waals surface area contributed by atoms with Crippen molar-refractivity contribution in [3.8, 4) is 5.75 Å². The molecule has 0 aliphatic heterocycles. The molecule has 0 spiro atoms. The first-order valence-electron chi connectivity index (χ1n) is 6.21. The van der Waals surface area contributed by atoms with Crippen LogP contribution in [0.4, 0.5) is 0 Å². The summed E-state index contributed by atoms with van der Waals surface area (Å²) in [6.45, 7) is 1.52. The number of phenolic OH excluding ortho intramolecular Hbond substituents is 1. The summed E-state index contributed by atoms with van der Waals surface area (Å²) in [5.41, 5.74) is 0.452. The molecule has 0 aliphatic rings. The van der Waals surface area contributed by atoms with Gasteiger partial charge in [-0.2, -0.15) is 18.4 Å². The SMILES string of the molecule is C/C(=N\NS(=O)(=O)c1ccc(Br)cc1)c1cc(Cl)cc(Cl)c1O. The quantitative estimate of drug-likeness (QED) is 0.556. The summed E-state index contributed by atoms with van der Waals surface area (Å²) in [5, 5.41) is 14.1. The van der Waals surface area contributed by atoms with E-state index in [2.05, 4.69) is 25.9 Å². The summed E-state index contributed by atoms with van der Waals surface area (Å²) >= 11 is 14.9.